The summed E-state index contributed by atoms with van der Waals surface area (Å²) in [6.07, 6.45) is 0. The molecule has 4 rings (SSSR count). The number of hydrogen-bond donors (Lipinski definition) is 2. The van der Waals surface area contributed by atoms with Gasteiger partial charge in [0.25, 0.3) is 0 Å². The van der Waals surface area contributed by atoms with Crippen molar-refractivity contribution in [3.63, 3.8) is 0 Å². The van der Waals surface area contributed by atoms with Crippen molar-refractivity contribution in [3.8, 4) is 0 Å². The highest BCUT2D eigenvalue weighted by molar-refractivity contribution is 6.39. The number of nitrogens with one attached hydrogen (secondary N) is 2. The van der Waals surface area contributed by atoms with Gasteiger partial charge in [0.1, 0.15) is 5.82 Å². The van der Waals surface area contributed by atoms with E-state index >= 15 is 0 Å². The molecule has 6 nitrogen and oxygen atoms in total. The van der Waals surface area contributed by atoms with Crippen LogP contribution in [0.5, 0.6) is 0 Å². The average Bonchev–Trinajstić information content (AvgIpc) is 2.81. The molecule has 3 aromatic carbocycles. The Morgan fingerprint density at radius 2 is 1.65 bits per heavy atom. The summed E-state index contributed by atoms with van der Waals surface area (Å²) in [6.45, 7) is 2.93. The molecule has 0 radical (unpaired) electrons. The van der Waals surface area contributed by atoms with Crippen LogP contribution in [0.1, 0.15) is 11.6 Å². The van der Waals surface area contributed by atoms with Gasteiger partial charge >= 0.3 is 11.8 Å². The smallest absolute Gasteiger partial charge is 0.313 e. The molecule has 1 aliphatic heterocycles. The largest absolute Gasteiger partial charge is 0.379 e. The molecule has 1 heterocycles. The number of amides is 2. The summed E-state index contributed by atoms with van der Waals surface area (Å²) < 4.78 is 19.3. The first kappa shape index (κ1) is 21.0. The first-order valence-electron chi connectivity index (χ1n) is 10.3. The molecule has 1 saturated heterocycles. The Bertz CT molecular complexity index is 1080. The van der Waals surface area contributed by atoms with Crippen molar-refractivity contribution in [2.24, 2.45) is 0 Å². The Kier molecular flexibility index (Phi) is 6.54. The van der Waals surface area contributed by atoms with Gasteiger partial charge in [0, 0.05) is 19.6 Å². The van der Waals surface area contributed by atoms with E-state index in [0.717, 1.165) is 29.4 Å². The van der Waals surface area contributed by atoms with Gasteiger partial charge in [0.15, 0.2) is 0 Å². The van der Waals surface area contributed by atoms with E-state index in [1.54, 1.807) is 6.07 Å². The zero-order chi connectivity index (χ0) is 21.6. The highest BCUT2D eigenvalue weighted by Gasteiger charge is 2.26. The normalized spacial score (nSPS) is 15.4. The molecule has 3 aromatic rings. The van der Waals surface area contributed by atoms with E-state index < -0.39 is 17.6 Å². The van der Waals surface area contributed by atoms with Gasteiger partial charge in [0.05, 0.1) is 24.9 Å². The molecule has 0 saturated carbocycles. The monoisotopic (exact) mass is 421 g/mol. The van der Waals surface area contributed by atoms with Gasteiger partial charge in [0.2, 0.25) is 0 Å². The SMILES string of the molecule is O=C(NC[C@H](c1cccc2ccccc12)N1CCOCC1)C(=O)Nc1ccccc1F. The van der Waals surface area contributed by atoms with Crippen LogP contribution in [0.15, 0.2) is 66.7 Å². The number of carbonyl (C=O) groups is 2. The molecule has 0 aliphatic carbocycles. The summed E-state index contributed by atoms with van der Waals surface area (Å²) in [4.78, 5) is 27.0. The standard InChI is InChI=1S/C24H24FN3O3/c25-20-10-3-4-11-21(20)27-24(30)23(29)26-16-22(28-12-14-31-15-13-28)19-9-5-7-17-6-1-2-8-18(17)19/h1-11,22H,12-16H2,(H,26,29)(H,27,30)/t22-/m1/s1. The Morgan fingerprint density at radius 1 is 0.935 bits per heavy atom. The summed E-state index contributed by atoms with van der Waals surface area (Å²) in [7, 11) is 0. The molecule has 0 unspecified atom stereocenters. The molecule has 0 spiro atoms. The number of hydrogen-bond acceptors (Lipinski definition) is 4. The number of carbonyl (C=O) groups excluding carboxylic acids is 2. The molecule has 7 heteroatoms. The fourth-order valence-corrected chi connectivity index (χ4v) is 3.88. The van der Waals surface area contributed by atoms with E-state index in [1.165, 1.54) is 18.2 Å². The predicted molar refractivity (Wildman–Crippen MR) is 117 cm³/mol. The Morgan fingerprint density at radius 3 is 2.45 bits per heavy atom. The maximum Gasteiger partial charge on any atom is 0.313 e. The summed E-state index contributed by atoms with van der Waals surface area (Å²) in [6, 6.07) is 19.8. The highest BCUT2D eigenvalue weighted by Crippen LogP contribution is 2.28. The van der Waals surface area contributed by atoms with E-state index in [0.29, 0.717) is 13.2 Å². The van der Waals surface area contributed by atoms with Crippen LogP contribution in [0.25, 0.3) is 10.8 Å². The van der Waals surface area contributed by atoms with Gasteiger partial charge in [-0.3, -0.25) is 14.5 Å². The molecule has 2 N–H and O–H groups in total. The second-order valence-electron chi connectivity index (χ2n) is 7.38. The number of rotatable bonds is 5. The van der Waals surface area contributed by atoms with Crippen molar-refractivity contribution in [3.05, 3.63) is 78.1 Å². The van der Waals surface area contributed by atoms with Gasteiger partial charge in [-0.1, -0.05) is 54.6 Å². The van der Waals surface area contributed by atoms with E-state index in [4.69, 9.17) is 4.74 Å². The molecule has 31 heavy (non-hydrogen) atoms. The topological polar surface area (TPSA) is 70.7 Å². The van der Waals surface area contributed by atoms with Crippen molar-refractivity contribution in [1.29, 1.82) is 0 Å². The summed E-state index contributed by atoms with van der Waals surface area (Å²) in [5.74, 6) is -2.30. The third kappa shape index (κ3) is 4.90. The summed E-state index contributed by atoms with van der Waals surface area (Å²) in [5, 5.41) is 7.27. The van der Waals surface area contributed by atoms with Gasteiger partial charge in [-0.2, -0.15) is 0 Å². The number of fused-ring (bicyclic) bond motifs is 1. The maximum atomic E-state index is 13.8. The lowest BCUT2D eigenvalue weighted by Crippen LogP contribution is -2.45. The van der Waals surface area contributed by atoms with Crippen molar-refractivity contribution in [1.82, 2.24) is 10.2 Å². The molecular weight excluding hydrogens is 397 g/mol. The molecule has 1 fully saturated rings. The zero-order valence-corrected chi connectivity index (χ0v) is 17.0. The lowest BCUT2D eigenvalue weighted by atomic mass is 9.97. The summed E-state index contributed by atoms with van der Waals surface area (Å²) in [5.41, 5.74) is 1.05. The second-order valence-corrected chi connectivity index (χ2v) is 7.38. The fourth-order valence-electron chi connectivity index (χ4n) is 3.88. The molecule has 2 amide bonds. The van der Waals surface area contributed by atoms with E-state index in [9.17, 15) is 14.0 Å². The van der Waals surface area contributed by atoms with E-state index in [2.05, 4.69) is 33.7 Å². The number of ether oxygens (including phenoxy) is 1. The average molecular weight is 421 g/mol. The lowest BCUT2D eigenvalue weighted by molar-refractivity contribution is -0.136. The second kappa shape index (κ2) is 9.68. The number of halogens is 1. The van der Waals surface area contributed by atoms with Crippen LogP contribution in [0.4, 0.5) is 10.1 Å². The Labute approximate surface area is 180 Å². The molecular formula is C24H24FN3O3. The Hall–Kier alpha value is -3.29. The van der Waals surface area contributed by atoms with Gasteiger partial charge in [-0.05, 0) is 28.5 Å². The van der Waals surface area contributed by atoms with Crippen molar-refractivity contribution in [2.75, 3.05) is 38.2 Å². The molecule has 1 aliphatic rings. The molecule has 1 atom stereocenters. The van der Waals surface area contributed by atoms with Crippen LogP contribution in [0.3, 0.4) is 0 Å². The lowest BCUT2D eigenvalue weighted by Gasteiger charge is -2.35. The first-order valence-corrected chi connectivity index (χ1v) is 10.3. The number of para-hydroxylation sites is 1. The molecule has 0 bridgehead atoms. The Balaban J connectivity index is 1.52. The fraction of sp³-hybridized carbons (Fsp3) is 0.250. The minimum Gasteiger partial charge on any atom is -0.379 e. The zero-order valence-electron chi connectivity index (χ0n) is 17.0. The van der Waals surface area contributed by atoms with Crippen LogP contribution >= 0.6 is 0 Å². The van der Waals surface area contributed by atoms with Gasteiger partial charge in [-0.15, -0.1) is 0 Å². The van der Waals surface area contributed by atoms with E-state index in [1.807, 2.05) is 24.3 Å². The van der Waals surface area contributed by atoms with E-state index in [-0.39, 0.29) is 18.3 Å². The van der Waals surface area contributed by atoms with Crippen LogP contribution in [0, 0.1) is 5.82 Å². The van der Waals surface area contributed by atoms with Gasteiger partial charge in [-0.25, -0.2) is 4.39 Å². The minimum absolute atomic E-state index is 0.0265. The summed E-state index contributed by atoms with van der Waals surface area (Å²) >= 11 is 0. The highest BCUT2D eigenvalue weighted by atomic mass is 19.1. The van der Waals surface area contributed by atoms with Crippen LogP contribution in [0.2, 0.25) is 0 Å². The quantitative estimate of drug-likeness (QED) is 0.621. The molecule has 160 valence electrons. The van der Waals surface area contributed by atoms with Crippen LogP contribution in [-0.4, -0.2) is 49.6 Å². The number of nitrogens with zero attached hydrogens (tertiary/aromatic N) is 1. The predicted octanol–water partition coefficient (Wildman–Crippen LogP) is 3.11. The minimum atomic E-state index is -0.899. The number of anilines is 1. The number of morpholine rings is 1. The third-order valence-corrected chi connectivity index (χ3v) is 5.45. The van der Waals surface area contributed by atoms with Crippen molar-refractivity contribution >= 4 is 28.3 Å². The number of benzene rings is 3. The van der Waals surface area contributed by atoms with Crippen LogP contribution < -0.4 is 10.6 Å². The molecule has 0 aromatic heterocycles. The van der Waals surface area contributed by atoms with Gasteiger partial charge < -0.3 is 15.4 Å². The van der Waals surface area contributed by atoms with Crippen LogP contribution in [-0.2, 0) is 14.3 Å². The van der Waals surface area contributed by atoms with Crippen molar-refractivity contribution in [2.45, 2.75) is 6.04 Å². The maximum absolute atomic E-state index is 13.8. The van der Waals surface area contributed by atoms with Crippen molar-refractivity contribution < 1.29 is 18.7 Å². The third-order valence-electron chi connectivity index (χ3n) is 5.45. The first-order chi connectivity index (χ1) is 15.1.